The Morgan fingerprint density at radius 2 is 1.54 bits per heavy atom. The van der Waals surface area contributed by atoms with Crippen LogP contribution in [0, 0.1) is 0 Å². The summed E-state index contributed by atoms with van der Waals surface area (Å²) in [5, 5.41) is 5.82. The van der Waals surface area contributed by atoms with Gasteiger partial charge in [0, 0.05) is 17.7 Å². The van der Waals surface area contributed by atoms with Crippen molar-refractivity contribution in [3.8, 4) is 11.3 Å². The number of hydrogen-bond acceptors (Lipinski definition) is 4. The van der Waals surface area contributed by atoms with Gasteiger partial charge in [0.05, 0.1) is 16.7 Å². The van der Waals surface area contributed by atoms with E-state index in [-0.39, 0.29) is 17.5 Å². The van der Waals surface area contributed by atoms with E-state index in [4.69, 9.17) is 0 Å². The van der Waals surface area contributed by atoms with Crippen LogP contribution in [0.4, 0.5) is 11.4 Å². The third kappa shape index (κ3) is 4.84. The Labute approximate surface area is 203 Å². The van der Waals surface area contributed by atoms with Crippen LogP contribution in [0.2, 0.25) is 0 Å². The molecule has 0 aliphatic heterocycles. The highest BCUT2D eigenvalue weighted by molar-refractivity contribution is 5.97. The first-order valence-corrected chi connectivity index (χ1v) is 11.7. The summed E-state index contributed by atoms with van der Waals surface area (Å²) in [4.78, 5) is 43.9. The minimum absolute atomic E-state index is 0.166. The third-order valence-corrected chi connectivity index (χ3v) is 6.00. The summed E-state index contributed by atoms with van der Waals surface area (Å²) >= 11 is 0. The van der Waals surface area contributed by atoms with Crippen molar-refractivity contribution in [1.29, 1.82) is 0 Å². The van der Waals surface area contributed by atoms with E-state index < -0.39 is 11.6 Å². The maximum Gasteiger partial charge on any atom is 0.278 e. The van der Waals surface area contributed by atoms with Gasteiger partial charge in [0.15, 0.2) is 0 Å². The molecule has 0 radical (unpaired) electrons. The van der Waals surface area contributed by atoms with E-state index in [0.717, 1.165) is 17.7 Å². The average Bonchev–Trinajstić information content (AvgIpc) is 2.88. The Balaban J connectivity index is 1.84. The number of hydrogen-bond donors (Lipinski definition) is 2. The van der Waals surface area contributed by atoms with Gasteiger partial charge in [-0.25, -0.2) is 4.98 Å². The average molecular weight is 469 g/mol. The lowest BCUT2D eigenvalue weighted by atomic mass is 10.1. The van der Waals surface area contributed by atoms with E-state index in [1.165, 1.54) is 4.57 Å². The van der Waals surface area contributed by atoms with Crippen molar-refractivity contribution in [2.45, 2.75) is 39.7 Å². The van der Waals surface area contributed by atoms with Gasteiger partial charge < -0.3 is 10.6 Å². The molecule has 0 spiro atoms. The van der Waals surface area contributed by atoms with Crippen LogP contribution in [0.15, 0.2) is 77.6 Å². The summed E-state index contributed by atoms with van der Waals surface area (Å²) in [6, 6.07) is 21.1. The second kappa shape index (κ2) is 10.3. The van der Waals surface area contributed by atoms with E-state index >= 15 is 0 Å². The van der Waals surface area contributed by atoms with Gasteiger partial charge in [-0.05, 0) is 43.2 Å². The number of fused-ring (bicyclic) bond motifs is 1. The molecule has 0 unspecified atom stereocenters. The van der Waals surface area contributed by atoms with E-state index in [9.17, 15) is 14.4 Å². The topological polar surface area (TPSA) is 93.1 Å². The Hall–Kier alpha value is -4.26. The summed E-state index contributed by atoms with van der Waals surface area (Å²) in [6.45, 7) is 5.48. The van der Waals surface area contributed by atoms with Crippen LogP contribution in [0.1, 0.15) is 38.8 Å². The van der Waals surface area contributed by atoms with Crippen LogP contribution >= 0.6 is 0 Å². The normalized spacial score (nSPS) is 11.7. The smallest absolute Gasteiger partial charge is 0.278 e. The molecule has 178 valence electrons. The summed E-state index contributed by atoms with van der Waals surface area (Å²) in [5.74, 6) is -0.469. The Morgan fingerprint density at radius 1 is 0.886 bits per heavy atom. The summed E-state index contributed by atoms with van der Waals surface area (Å²) < 4.78 is 1.47. The van der Waals surface area contributed by atoms with Crippen molar-refractivity contribution in [3.63, 3.8) is 0 Å². The van der Waals surface area contributed by atoms with Crippen LogP contribution in [0.25, 0.3) is 22.3 Å². The molecule has 1 heterocycles. The lowest BCUT2D eigenvalue weighted by Gasteiger charge is -2.20. The molecule has 35 heavy (non-hydrogen) atoms. The van der Waals surface area contributed by atoms with Crippen molar-refractivity contribution in [2.75, 3.05) is 10.6 Å². The number of aromatic nitrogens is 2. The zero-order chi connectivity index (χ0) is 24.9. The maximum absolute atomic E-state index is 13.8. The van der Waals surface area contributed by atoms with Crippen LogP contribution in [-0.4, -0.2) is 21.4 Å². The lowest BCUT2D eigenvalue weighted by Crippen LogP contribution is -2.33. The zero-order valence-electron chi connectivity index (χ0n) is 20.0. The number of nitrogens with zero attached hydrogens (tertiary/aromatic N) is 2. The predicted molar refractivity (Wildman–Crippen MR) is 140 cm³/mol. The zero-order valence-corrected chi connectivity index (χ0v) is 20.0. The van der Waals surface area contributed by atoms with Gasteiger partial charge >= 0.3 is 0 Å². The van der Waals surface area contributed by atoms with E-state index in [1.807, 2.05) is 43.3 Å². The predicted octanol–water partition coefficient (Wildman–Crippen LogP) is 5.17. The minimum Gasteiger partial charge on any atom is -0.325 e. The van der Waals surface area contributed by atoms with Crippen molar-refractivity contribution >= 4 is 34.2 Å². The summed E-state index contributed by atoms with van der Waals surface area (Å²) in [5.41, 5.74) is 3.64. The molecule has 4 aromatic rings. The van der Waals surface area contributed by atoms with Crippen molar-refractivity contribution in [2.24, 2.45) is 0 Å². The monoisotopic (exact) mass is 468 g/mol. The summed E-state index contributed by atoms with van der Waals surface area (Å²) in [6.07, 6.45) is 1.08. The fourth-order valence-corrected chi connectivity index (χ4v) is 4.06. The molecular formula is C28H28N4O3. The van der Waals surface area contributed by atoms with E-state index in [2.05, 4.69) is 15.6 Å². The van der Waals surface area contributed by atoms with Gasteiger partial charge in [0.25, 0.3) is 5.56 Å². The van der Waals surface area contributed by atoms with Crippen LogP contribution in [-0.2, 0) is 16.0 Å². The second-order valence-corrected chi connectivity index (χ2v) is 8.25. The fraction of sp³-hybridized carbons (Fsp3) is 0.214. The Bertz CT molecular complexity index is 1460. The number of anilines is 2. The number of carbonyl (C=O) groups is 2. The van der Waals surface area contributed by atoms with Gasteiger partial charge in [-0.15, -0.1) is 0 Å². The molecule has 1 atom stereocenters. The quantitative estimate of drug-likeness (QED) is 0.391. The van der Waals surface area contributed by atoms with Gasteiger partial charge in [0.2, 0.25) is 11.8 Å². The molecule has 0 bridgehead atoms. The molecule has 2 N–H and O–H groups in total. The molecule has 2 amide bonds. The van der Waals surface area contributed by atoms with Crippen molar-refractivity contribution < 1.29 is 9.59 Å². The standard InChI is InChI=1S/C28H28N4O3/c1-4-19-12-6-8-14-21(19)31-27(34)18(3)32-24-17-11-10-16-23(24)30-26(28(32)35)20-13-7-9-15-22(20)29-25(33)5-2/h6-18H,4-5H2,1-3H3,(H,29,33)(H,31,34)/t18-/m1/s1. The largest absolute Gasteiger partial charge is 0.325 e. The SMILES string of the molecule is CCC(=O)Nc1ccccc1-c1nc2ccccc2n([C@H](C)C(=O)Nc2ccccc2CC)c1=O. The Kier molecular flexibility index (Phi) is 7.06. The highest BCUT2D eigenvalue weighted by Gasteiger charge is 2.23. The summed E-state index contributed by atoms with van der Waals surface area (Å²) in [7, 11) is 0. The second-order valence-electron chi connectivity index (χ2n) is 8.25. The molecular weight excluding hydrogens is 440 g/mol. The maximum atomic E-state index is 13.8. The molecule has 4 rings (SSSR count). The number of nitrogens with one attached hydrogen (secondary N) is 2. The number of benzene rings is 3. The molecule has 7 heteroatoms. The van der Waals surface area contributed by atoms with Crippen LogP contribution in [0.3, 0.4) is 0 Å². The van der Waals surface area contributed by atoms with Crippen LogP contribution < -0.4 is 16.2 Å². The number of rotatable bonds is 7. The van der Waals surface area contributed by atoms with Gasteiger partial charge in [-0.3, -0.25) is 19.0 Å². The number of amides is 2. The van der Waals surface area contributed by atoms with Gasteiger partial charge in [-0.2, -0.15) is 0 Å². The first kappa shape index (κ1) is 23.9. The third-order valence-electron chi connectivity index (χ3n) is 6.00. The Morgan fingerprint density at radius 3 is 2.29 bits per heavy atom. The minimum atomic E-state index is -0.809. The van der Waals surface area contributed by atoms with E-state index in [1.54, 1.807) is 50.2 Å². The molecule has 0 aliphatic carbocycles. The first-order valence-electron chi connectivity index (χ1n) is 11.7. The molecule has 7 nitrogen and oxygen atoms in total. The van der Waals surface area contributed by atoms with Gasteiger partial charge in [0.1, 0.15) is 11.7 Å². The molecule has 3 aromatic carbocycles. The first-order chi connectivity index (χ1) is 16.9. The number of para-hydroxylation sites is 4. The lowest BCUT2D eigenvalue weighted by molar-refractivity contribution is -0.119. The van der Waals surface area contributed by atoms with E-state index in [0.29, 0.717) is 28.7 Å². The number of carbonyl (C=O) groups excluding carboxylic acids is 2. The van der Waals surface area contributed by atoms with Crippen LogP contribution in [0.5, 0.6) is 0 Å². The highest BCUT2D eigenvalue weighted by Crippen LogP contribution is 2.27. The highest BCUT2D eigenvalue weighted by atomic mass is 16.2. The fourth-order valence-electron chi connectivity index (χ4n) is 4.06. The molecule has 0 fully saturated rings. The van der Waals surface area contributed by atoms with Crippen molar-refractivity contribution in [3.05, 3.63) is 88.7 Å². The molecule has 0 aliphatic rings. The van der Waals surface area contributed by atoms with Crippen molar-refractivity contribution in [1.82, 2.24) is 9.55 Å². The molecule has 1 aromatic heterocycles. The molecule has 0 saturated heterocycles. The number of aryl methyl sites for hydroxylation is 1. The molecule has 0 saturated carbocycles. The van der Waals surface area contributed by atoms with Gasteiger partial charge in [-0.1, -0.05) is 62.4 Å².